The SMILES string of the molecule is CCCCc1ccc(NC(=O)/C=C/c2cccs2)cc1. The van der Waals surface area contributed by atoms with Gasteiger partial charge >= 0.3 is 0 Å². The molecule has 1 N–H and O–H groups in total. The summed E-state index contributed by atoms with van der Waals surface area (Å²) < 4.78 is 0. The van der Waals surface area contributed by atoms with Crippen molar-refractivity contribution in [2.24, 2.45) is 0 Å². The number of anilines is 1. The highest BCUT2D eigenvalue weighted by Gasteiger charge is 1.99. The predicted molar refractivity (Wildman–Crippen MR) is 87.0 cm³/mol. The Morgan fingerprint density at radius 2 is 2.05 bits per heavy atom. The second-order valence-electron chi connectivity index (χ2n) is 4.64. The van der Waals surface area contributed by atoms with E-state index in [0.29, 0.717) is 0 Å². The zero-order valence-corrected chi connectivity index (χ0v) is 12.5. The minimum absolute atomic E-state index is 0.0975. The Hall–Kier alpha value is -1.87. The molecule has 2 nitrogen and oxygen atoms in total. The van der Waals surface area contributed by atoms with Crippen molar-refractivity contribution in [3.63, 3.8) is 0 Å². The second kappa shape index (κ2) is 7.65. The second-order valence-corrected chi connectivity index (χ2v) is 5.62. The van der Waals surface area contributed by atoms with Crippen LogP contribution < -0.4 is 5.32 Å². The number of carbonyl (C=O) groups excluding carboxylic acids is 1. The van der Waals surface area contributed by atoms with Crippen LogP contribution in [0.4, 0.5) is 5.69 Å². The third-order valence-corrected chi connectivity index (χ3v) is 3.82. The van der Waals surface area contributed by atoms with Crippen molar-refractivity contribution in [2.75, 3.05) is 5.32 Å². The van der Waals surface area contributed by atoms with E-state index < -0.39 is 0 Å². The van der Waals surface area contributed by atoms with Gasteiger partial charge in [-0.1, -0.05) is 31.5 Å². The Kier molecular flexibility index (Phi) is 5.56. The van der Waals surface area contributed by atoms with Crippen LogP contribution in [0.2, 0.25) is 0 Å². The van der Waals surface area contributed by atoms with E-state index in [-0.39, 0.29) is 5.91 Å². The van der Waals surface area contributed by atoms with Crippen LogP contribution in [0.1, 0.15) is 30.2 Å². The molecule has 20 heavy (non-hydrogen) atoms. The summed E-state index contributed by atoms with van der Waals surface area (Å²) in [6, 6.07) is 12.0. The van der Waals surface area contributed by atoms with E-state index in [1.165, 1.54) is 18.4 Å². The van der Waals surface area contributed by atoms with E-state index in [1.54, 1.807) is 17.4 Å². The first kappa shape index (κ1) is 14.5. The maximum absolute atomic E-state index is 11.8. The minimum atomic E-state index is -0.0975. The Bertz CT molecular complexity index is 555. The van der Waals surface area contributed by atoms with E-state index in [2.05, 4.69) is 24.4 Å². The summed E-state index contributed by atoms with van der Waals surface area (Å²) in [5.41, 5.74) is 2.16. The lowest BCUT2D eigenvalue weighted by atomic mass is 10.1. The molecule has 0 aliphatic heterocycles. The third kappa shape index (κ3) is 4.67. The van der Waals surface area contributed by atoms with E-state index in [9.17, 15) is 4.79 Å². The maximum Gasteiger partial charge on any atom is 0.248 e. The molecule has 0 radical (unpaired) electrons. The Labute approximate surface area is 124 Å². The molecular formula is C17H19NOS. The molecule has 0 atom stereocenters. The van der Waals surface area contributed by atoms with Gasteiger partial charge in [-0.2, -0.15) is 0 Å². The summed E-state index contributed by atoms with van der Waals surface area (Å²) in [5.74, 6) is -0.0975. The fraction of sp³-hybridized carbons (Fsp3) is 0.235. The number of amides is 1. The average Bonchev–Trinajstić information content (AvgIpc) is 2.98. The lowest BCUT2D eigenvalue weighted by Gasteiger charge is -2.04. The van der Waals surface area contributed by atoms with E-state index in [4.69, 9.17) is 0 Å². The number of hydrogen-bond donors (Lipinski definition) is 1. The first-order valence-corrected chi connectivity index (χ1v) is 7.77. The number of carbonyl (C=O) groups is 1. The highest BCUT2D eigenvalue weighted by molar-refractivity contribution is 7.10. The molecule has 0 aliphatic carbocycles. The first-order chi connectivity index (χ1) is 9.78. The van der Waals surface area contributed by atoms with Crippen LogP contribution in [0, 0.1) is 0 Å². The van der Waals surface area contributed by atoms with Gasteiger partial charge in [0.1, 0.15) is 0 Å². The summed E-state index contributed by atoms with van der Waals surface area (Å²) >= 11 is 1.61. The molecule has 3 heteroatoms. The van der Waals surface area contributed by atoms with Gasteiger partial charge in [0.15, 0.2) is 0 Å². The van der Waals surface area contributed by atoms with Crippen molar-refractivity contribution in [1.29, 1.82) is 0 Å². The molecule has 1 aromatic carbocycles. The predicted octanol–water partition coefficient (Wildman–Crippen LogP) is 4.74. The average molecular weight is 285 g/mol. The van der Waals surface area contributed by atoms with Crippen molar-refractivity contribution in [3.8, 4) is 0 Å². The molecule has 1 heterocycles. The van der Waals surface area contributed by atoms with Crippen LogP contribution >= 0.6 is 11.3 Å². The van der Waals surface area contributed by atoms with Crippen LogP contribution in [0.5, 0.6) is 0 Å². The molecule has 2 rings (SSSR count). The van der Waals surface area contributed by atoms with Crippen molar-refractivity contribution >= 4 is 29.0 Å². The fourth-order valence-corrected chi connectivity index (χ4v) is 2.48. The number of thiophene rings is 1. The molecule has 0 spiro atoms. The van der Waals surface area contributed by atoms with Crippen molar-refractivity contribution in [2.45, 2.75) is 26.2 Å². The largest absolute Gasteiger partial charge is 0.323 e. The van der Waals surface area contributed by atoms with Crippen molar-refractivity contribution < 1.29 is 4.79 Å². The van der Waals surface area contributed by atoms with E-state index in [1.807, 2.05) is 35.7 Å². The topological polar surface area (TPSA) is 29.1 Å². The summed E-state index contributed by atoms with van der Waals surface area (Å²) in [6.07, 6.45) is 6.90. The van der Waals surface area contributed by atoms with Crippen LogP contribution in [0.15, 0.2) is 47.9 Å². The summed E-state index contributed by atoms with van der Waals surface area (Å²) in [6.45, 7) is 2.19. The molecular weight excluding hydrogens is 266 g/mol. The summed E-state index contributed by atoms with van der Waals surface area (Å²) in [5, 5.41) is 4.86. The molecule has 0 saturated carbocycles. The zero-order valence-electron chi connectivity index (χ0n) is 11.6. The van der Waals surface area contributed by atoms with E-state index in [0.717, 1.165) is 17.0 Å². The van der Waals surface area contributed by atoms with Gasteiger partial charge < -0.3 is 5.32 Å². The van der Waals surface area contributed by atoms with Crippen LogP contribution in [0.3, 0.4) is 0 Å². The van der Waals surface area contributed by atoms with Gasteiger partial charge in [-0.25, -0.2) is 0 Å². The Morgan fingerprint density at radius 1 is 1.25 bits per heavy atom. The Morgan fingerprint density at radius 3 is 2.70 bits per heavy atom. The number of hydrogen-bond acceptors (Lipinski definition) is 2. The van der Waals surface area contributed by atoms with Crippen molar-refractivity contribution in [1.82, 2.24) is 0 Å². The molecule has 1 amide bonds. The van der Waals surface area contributed by atoms with Gasteiger partial charge in [0, 0.05) is 16.6 Å². The molecule has 0 fully saturated rings. The van der Waals surface area contributed by atoms with Crippen LogP contribution in [-0.2, 0) is 11.2 Å². The molecule has 1 aromatic heterocycles. The minimum Gasteiger partial charge on any atom is -0.323 e. The highest BCUT2D eigenvalue weighted by Crippen LogP contribution is 2.13. The zero-order chi connectivity index (χ0) is 14.2. The lowest BCUT2D eigenvalue weighted by molar-refractivity contribution is -0.111. The standard InChI is InChI=1S/C17H19NOS/c1-2-3-5-14-7-9-15(10-8-14)18-17(19)12-11-16-6-4-13-20-16/h4,6-13H,2-3,5H2,1H3,(H,18,19)/b12-11+. The normalized spacial score (nSPS) is 10.8. The van der Waals surface area contributed by atoms with Gasteiger partial charge in [0.25, 0.3) is 0 Å². The van der Waals surface area contributed by atoms with Gasteiger partial charge in [0.2, 0.25) is 5.91 Å². The van der Waals surface area contributed by atoms with Gasteiger partial charge in [0.05, 0.1) is 0 Å². The van der Waals surface area contributed by atoms with Crippen LogP contribution in [-0.4, -0.2) is 5.91 Å². The van der Waals surface area contributed by atoms with Gasteiger partial charge in [-0.15, -0.1) is 11.3 Å². The molecule has 0 unspecified atom stereocenters. The number of rotatable bonds is 6. The van der Waals surface area contributed by atoms with Gasteiger partial charge in [-0.05, 0) is 48.1 Å². The molecule has 0 saturated heterocycles. The Balaban J connectivity index is 1.87. The number of benzene rings is 1. The number of nitrogens with one attached hydrogen (secondary N) is 1. The first-order valence-electron chi connectivity index (χ1n) is 6.89. The third-order valence-electron chi connectivity index (χ3n) is 2.98. The molecule has 104 valence electrons. The molecule has 0 bridgehead atoms. The summed E-state index contributed by atoms with van der Waals surface area (Å²) in [4.78, 5) is 12.9. The lowest BCUT2D eigenvalue weighted by Crippen LogP contribution is -2.07. The highest BCUT2D eigenvalue weighted by atomic mass is 32.1. The summed E-state index contributed by atoms with van der Waals surface area (Å²) in [7, 11) is 0. The molecule has 2 aromatic rings. The smallest absolute Gasteiger partial charge is 0.248 e. The number of unbranched alkanes of at least 4 members (excludes halogenated alkanes) is 1. The van der Waals surface area contributed by atoms with E-state index >= 15 is 0 Å². The number of aryl methyl sites for hydroxylation is 1. The fourth-order valence-electron chi connectivity index (χ4n) is 1.86. The van der Waals surface area contributed by atoms with Crippen LogP contribution in [0.25, 0.3) is 6.08 Å². The molecule has 0 aliphatic rings. The van der Waals surface area contributed by atoms with Gasteiger partial charge in [-0.3, -0.25) is 4.79 Å². The van der Waals surface area contributed by atoms with Crippen molar-refractivity contribution in [3.05, 3.63) is 58.3 Å². The monoisotopic (exact) mass is 285 g/mol. The quantitative estimate of drug-likeness (QED) is 0.763. The maximum atomic E-state index is 11.8.